The first kappa shape index (κ1) is 14.3. The van der Waals surface area contributed by atoms with E-state index in [1.165, 1.54) is 16.7 Å². The predicted molar refractivity (Wildman–Crippen MR) is 80.9 cm³/mol. The smallest absolute Gasteiger partial charge is 0.266 e. The van der Waals surface area contributed by atoms with Crippen molar-refractivity contribution in [3.8, 4) is 0 Å². The molecule has 1 aromatic carbocycles. The molecular formula is C14H14ClN3O2S. The molecule has 1 aliphatic heterocycles. The van der Waals surface area contributed by atoms with Crippen molar-refractivity contribution in [1.29, 1.82) is 0 Å². The fourth-order valence-electron chi connectivity index (χ4n) is 2.54. The van der Waals surface area contributed by atoms with Crippen LogP contribution in [0.3, 0.4) is 0 Å². The van der Waals surface area contributed by atoms with E-state index in [1.807, 2.05) is 31.2 Å². The second kappa shape index (κ2) is 5.27. The molecule has 0 spiro atoms. The van der Waals surface area contributed by atoms with Crippen LogP contribution >= 0.6 is 11.6 Å². The van der Waals surface area contributed by atoms with Crippen molar-refractivity contribution in [3.05, 3.63) is 47.5 Å². The normalized spacial score (nSPS) is 18.4. The average molecular weight is 324 g/mol. The summed E-state index contributed by atoms with van der Waals surface area (Å²) >= 11 is 5.62. The largest absolute Gasteiger partial charge is 0.267 e. The highest BCUT2D eigenvalue weighted by molar-refractivity contribution is 7.92. The van der Waals surface area contributed by atoms with Crippen molar-refractivity contribution in [1.82, 2.24) is 9.97 Å². The molecule has 0 aliphatic carbocycles. The number of aromatic nitrogens is 2. The lowest BCUT2D eigenvalue weighted by Gasteiger charge is -2.33. The molecule has 3 rings (SSSR count). The van der Waals surface area contributed by atoms with Crippen LogP contribution in [0.15, 0.2) is 41.6 Å². The summed E-state index contributed by atoms with van der Waals surface area (Å²) in [7, 11) is -3.68. The zero-order valence-electron chi connectivity index (χ0n) is 11.4. The summed E-state index contributed by atoms with van der Waals surface area (Å²) in [6.07, 6.45) is 3.36. The van der Waals surface area contributed by atoms with Crippen LogP contribution in [0.5, 0.6) is 0 Å². The Morgan fingerprint density at radius 1 is 1.24 bits per heavy atom. The fraction of sp³-hybridized carbons (Fsp3) is 0.286. The highest BCUT2D eigenvalue weighted by Gasteiger charge is 2.32. The number of fused-ring (bicyclic) bond motifs is 1. The van der Waals surface area contributed by atoms with E-state index in [4.69, 9.17) is 11.6 Å². The molecule has 0 bridgehead atoms. The average Bonchev–Trinajstić information content (AvgIpc) is 2.46. The number of anilines is 1. The van der Waals surface area contributed by atoms with E-state index in [9.17, 15) is 8.42 Å². The van der Waals surface area contributed by atoms with Crippen LogP contribution in [0.1, 0.15) is 12.5 Å². The molecule has 0 saturated heterocycles. The lowest BCUT2D eigenvalue weighted by Crippen LogP contribution is -2.39. The van der Waals surface area contributed by atoms with Gasteiger partial charge in [0.15, 0.2) is 0 Å². The minimum absolute atomic E-state index is 0.0290. The molecule has 0 N–H and O–H groups in total. The third-order valence-corrected chi connectivity index (χ3v) is 5.42. The van der Waals surface area contributed by atoms with Crippen LogP contribution in [-0.4, -0.2) is 24.9 Å². The molecule has 1 aliphatic rings. The number of para-hydroxylation sites is 1. The molecule has 0 amide bonds. The highest BCUT2D eigenvalue weighted by Crippen LogP contribution is 2.33. The monoisotopic (exact) mass is 323 g/mol. The predicted octanol–water partition coefficient (Wildman–Crippen LogP) is 2.52. The zero-order valence-corrected chi connectivity index (χ0v) is 13.0. The van der Waals surface area contributed by atoms with Crippen LogP contribution in [0.2, 0.25) is 5.28 Å². The third kappa shape index (κ3) is 2.61. The molecule has 7 heteroatoms. The second-order valence-electron chi connectivity index (χ2n) is 5.16. The van der Waals surface area contributed by atoms with Crippen molar-refractivity contribution >= 4 is 27.3 Å². The van der Waals surface area contributed by atoms with Gasteiger partial charge in [-0.15, -0.1) is 0 Å². The topological polar surface area (TPSA) is 63.2 Å². The molecule has 1 atom stereocenters. The number of rotatable bonds is 2. The van der Waals surface area contributed by atoms with Gasteiger partial charge in [-0.2, -0.15) is 0 Å². The Kier molecular flexibility index (Phi) is 3.59. The first-order valence-electron chi connectivity index (χ1n) is 6.56. The van der Waals surface area contributed by atoms with Crippen molar-refractivity contribution in [2.75, 3.05) is 10.8 Å². The van der Waals surface area contributed by atoms with E-state index in [0.717, 1.165) is 17.7 Å². The Bertz CT molecular complexity index is 762. The van der Waals surface area contributed by atoms with Gasteiger partial charge in [0.2, 0.25) is 5.28 Å². The number of sulfonamides is 1. The van der Waals surface area contributed by atoms with Crippen molar-refractivity contribution in [2.24, 2.45) is 5.92 Å². The lowest BCUT2D eigenvalue weighted by molar-refractivity contribution is 0.544. The van der Waals surface area contributed by atoms with Crippen LogP contribution in [0.25, 0.3) is 0 Å². The van der Waals surface area contributed by atoms with E-state index in [2.05, 4.69) is 9.97 Å². The summed E-state index contributed by atoms with van der Waals surface area (Å²) in [4.78, 5) is 7.58. The van der Waals surface area contributed by atoms with Crippen LogP contribution < -0.4 is 4.31 Å². The standard InChI is InChI=1S/C14H14ClN3O2S/c1-10-6-11-4-2-3-5-13(11)18(9-10)21(19,20)12-7-16-14(15)17-8-12/h2-5,7-8,10H,6,9H2,1H3. The summed E-state index contributed by atoms with van der Waals surface area (Å²) in [5.74, 6) is 0.253. The zero-order chi connectivity index (χ0) is 15.0. The Morgan fingerprint density at radius 2 is 1.90 bits per heavy atom. The minimum atomic E-state index is -3.68. The summed E-state index contributed by atoms with van der Waals surface area (Å²) in [6.45, 7) is 2.48. The number of halogens is 1. The summed E-state index contributed by atoms with van der Waals surface area (Å²) in [5, 5.41) is 0.0290. The minimum Gasteiger partial charge on any atom is -0.266 e. The van der Waals surface area contributed by atoms with E-state index < -0.39 is 10.0 Å². The van der Waals surface area contributed by atoms with Gasteiger partial charge in [-0.1, -0.05) is 25.1 Å². The third-order valence-electron chi connectivity index (χ3n) is 3.49. The highest BCUT2D eigenvalue weighted by atomic mass is 35.5. The van der Waals surface area contributed by atoms with E-state index in [1.54, 1.807) is 0 Å². The van der Waals surface area contributed by atoms with Gasteiger partial charge in [0, 0.05) is 6.54 Å². The van der Waals surface area contributed by atoms with Crippen molar-refractivity contribution < 1.29 is 8.42 Å². The first-order valence-corrected chi connectivity index (χ1v) is 8.38. The fourth-order valence-corrected chi connectivity index (χ4v) is 4.15. The van der Waals surface area contributed by atoms with Gasteiger partial charge in [0.25, 0.3) is 10.0 Å². The van der Waals surface area contributed by atoms with Gasteiger partial charge in [-0.05, 0) is 35.6 Å². The van der Waals surface area contributed by atoms with Crippen LogP contribution in [0.4, 0.5) is 5.69 Å². The maximum atomic E-state index is 12.8. The molecule has 2 heterocycles. The van der Waals surface area contributed by atoms with E-state index in [0.29, 0.717) is 6.54 Å². The molecule has 0 radical (unpaired) electrons. The molecule has 2 aromatic rings. The first-order chi connectivity index (χ1) is 9.98. The molecular weight excluding hydrogens is 310 g/mol. The quantitative estimate of drug-likeness (QED) is 0.797. The van der Waals surface area contributed by atoms with E-state index >= 15 is 0 Å². The number of benzene rings is 1. The summed E-state index contributed by atoms with van der Waals surface area (Å²) in [5.41, 5.74) is 1.76. The van der Waals surface area contributed by atoms with Gasteiger partial charge in [0.05, 0.1) is 18.1 Å². The maximum absolute atomic E-state index is 12.8. The number of hydrogen-bond acceptors (Lipinski definition) is 4. The Balaban J connectivity index is 2.09. The number of hydrogen-bond donors (Lipinski definition) is 0. The Morgan fingerprint density at radius 3 is 2.62 bits per heavy atom. The molecule has 0 saturated carbocycles. The second-order valence-corrected chi connectivity index (χ2v) is 7.36. The molecule has 1 unspecified atom stereocenters. The van der Waals surface area contributed by atoms with Gasteiger partial charge in [0.1, 0.15) is 4.90 Å². The van der Waals surface area contributed by atoms with Gasteiger partial charge in [-0.3, -0.25) is 4.31 Å². The molecule has 0 fully saturated rings. The Labute approximate surface area is 128 Å². The van der Waals surface area contributed by atoms with Crippen LogP contribution in [-0.2, 0) is 16.4 Å². The van der Waals surface area contributed by atoms with Crippen LogP contribution in [0, 0.1) is 5.92 Å². The summed E-state index contributed by atoms with van der Waals surface area (Å²) < 4.78 is 27.1. The lowest BCUT2D eigenvalue weighted by atomic mass is 9.96. The maximum Gasteiger partial charge on any atom is 0.267 e. The van der Waals surface area contributed by atoms with E-state index in [-0.39, 0.29) is 16.1 Å². The van der Waals surface area contributed by atoms with Crippen molar-refractivity contribution in [2.45, 2.75) is 18.2 Å². The molecule has 21 heavy (non-hydrogen) atoms. The van der Waals surface area contributed by atoms with Crippen molar-refractivity contribution in [3.63, 3.8) is 0 Å². The van der Waals surface area contributed by atoms with Gasteiger partial charge in [-0.25, -0.2) is 18.4 Å². The summed E-state index contributed by atoms with van der Waals surface area (Å²) in [6, 6.07) is 7.56. The van der Waals surface area contributed by atoms with Gasteiger partial charge < -0.3 is 0 Å². The molecule has 5 nitrogen and oxygen atoms in total. The Hall–Kier alpha value is -1.66. The van der Waals surface area contributed by atoms with Gasteiger partial charge >= 0.3 is 0 Å². The molecule has 110 valence electrons. The SMILES string of the molecule is CC1Cc2ccccc2N(S(=O)(=O)c2cnc(Cl)nc2)C1. The molecule has 1 aromatic heterocycles. The number of nitrogens with zero attached hydrogens (tertiary/aromatic N) is 3.